The molecule has 2 aromatic carbocycles. The van der Waals surface area contributed by atoms with Gasteiger partial charge in [-0.3, -0.25) is 0 Å². The van der Waals surface area contributed by atoms with Gasteiger partial charge in [-0.2, -0.15) is 5.10 Å². The number of aromatic nitrogens is 4. The third-order valence-electron chi connectivity index (χ3n) is 4.69. The largest absolute Gasteiger partial charge is 0.453 e. The molecule has 0 fully saturated rings. The van der Waals surface area contributed by atoms with Crippen molar-refractivity contribution in [3.63, 3.8) is 0 Å². The van der Waals surface area contributed by atoms with E-state index >= 15 is 0 Å². The molecule has 152 valence electrons. The number of halogens is 1. The molecule has 2 aromatic heterocycles. The lowest BCUT2D eigenvalue weighted by atomic mass is 10.1. The summed E-state index contributed by atoms with van der Waals surface area (Å²) < 4.78 is 20.5. The van der Waals surface area contributed by atoms with Gasteiger partial charge in [0.1, 0.15) is 29.6 Å². The van der Waals surface area contributed by atoms with Gasteiger partial charge in [0, 0.05) is 5.56 Å². The first-order valence-electron chi connectivity index (χ1n) is 9.32. The minimum Gasteiger partial charge on any atom is -0.453 e. The maximum atomic E-state index is 13.2. The fourth-order valence-electron chi connectivity index (χ4n) is 3.14. The van der Waals surface area contributed by atoms with Crippen molar-refractivity contribution in [1.82, 2.24) is 19.7 Å². The lowest BCUT2D eigenvalue weighted by Gasteiger charge is -2.14. The Morgan fingerprint density at radius 1 is 1.17 bits per heavy atom. The summed E-state index contributed by atoms with van der Waals surface area (Å²) >= 11 is 1.44. The summed E-state index contributed by atoms with van der Waals surface area (Å²) in [6, 6.07) is 11.6. The summed E-state index contributed by atoms with van der Waals surface area (Å²) in [5.41, 5.74) is 3.71. The van der Waals surface area contributed by atoms with E-state index in [9.17, 15) is 9.18 Å². The molecule has 0 saturated heterocycles. The summed E-state index contributed by atoms with van der Waals surface area (Å²) in [4.78, 5) is 22.1. The average molecular weight is 422 g/mol. The van der Waals surface area contributed by atoms with Crippen molar-refractivity contribution in [2.24, 2.45) is 0 Å². The minimum atomic E-state index is -0.460. The van der Waals surface area contributed by atoms with Gasteiger partial charge < -0.3 is 4.74 Å². The summed E-state index contributed by atoms with van der Waals surface area (Å²) in [5.74, 6) is -0.693. The predicted octanol–water partition coefficient (Wildman–Crippen LogP) is 5.06. The van der Waals surface area contributed by atoms with Gasteiger partial charge in [0.25, 0.3) is 0 Å². The number of esters is 1. The quantitative estimate of drug-likeness (QED) is 0.420. The number of carbonyl (C=O) groups excluding carboxylic acids is 1. The highest BCUT2D eigenvalue weighted by Crippen LogP contribution is 2.34. The zero-order chi connectivity index (χ0) is 21.3. The van der Waals surface area contributed by atoms with E-state index in [0.29, 0.717) is 5.56 Å². The van der Waals surface area contributed by atoms with Crippen molar-refractivity contribution in [2.45, 2.75) is 26.9 Å². The number of aryl methyl sites for hydroxylation is 2. The molecule has 8 heteroatoms. The lowest BCUT2D eigenvalue weighted by molar-refractivity contribution is 0.0342. The molecular weight excluding hydrogens is 403 g/mol. The molecule has 0 aliphatic heterocycles. The molecule has 0 aliphatic carbocycles. The van der Waals surface area contributed by atoms with Crippen LogP contribution in [0.5, 0.6) is 0 Å². The Hall–Kier alpha value is -3.39. The van der Waals surface area contributed by atoms with Gasteiger partial charge in [-0.15, -0.1) is 11.3 Å². The van der Waals surface area contributed by atoms with Gasteiger partial charge >= 0.3 is 5.97 Å². The second-order valence-electron chi connectivity index (χ2n) is 6.86. The molecule has 0 bridgehead atoms. The number of benzene rings is 2. The molecule has 0 saturated carbocycles. The summed E-state index contributed by atoms with van der Waals surface area (Å²) in [7, 11) is 0. The van der Waals surface area contributed by atoms with E-state index in [2.05, 4.69) is 15.1 Å². The van der Waals surface area contributed by atoms with Crippen LogP contribution >= 0.6 is 11.3 Å². The molecule has 0 spiro atoms. The molecule has 0 unspecified atom stereocenters. The van der Waals surface area contributed by atoms with Crippen molar-refractivity contribution in [2.75, 3.05) is 0 Å². The van der Waals surface area contributed by atoms with Crippen molar-refractivity contribution in [1.29, 1.82) is 0 Å². The van der Waals surface area contributed by atoms with Crippen LogP contribution in [-0.2, 0) is 4.74 Å². The SMILES string of the molecule is Cc1cc(-n2cncn2)ccc1C(=O)O[C@H](C)c1sc(-c2ccc(F)cc2)nc1C. The van der Waals surface area contributed by atoms with Gasteiger partial charge in [-0.05, 0) is 68.8 Å². The highest BCUT2D eigenvalue weighted by molar-refractivity contribution is 7.15. The Labute approximate surface area is 177 Å². The number of thiazole rings is 1. The van der Waals surface area contributed by atoms with Crippen LogP contribution in [0.4, 0.5) is 4.39 Å². The number of hydrogen-bond donors (Lipinski definition) is 0. The first kappa shape index (κ1) is 19.9. The number of nitrogens with zero attached hydrogens (tertiary/aromatic N) is 4. The van der Waals surface area contributed by atoms with E-state index in [4.69, 9.17) is 4.74 Å². The standard InChI is InChI=1S/C22H19FN4O2S/c1-13-10-18(27-12-24-11-25-27)8-9-19(13)22(28)29-15(3)20-14(2)26-21(30-20)16-4-6-17(23)7-5-16/h4-12,15H,1-3H3/t15-/m1/s1. The minimum absolute atomic E-state index is 0.292. The van der Waals surface area contributed by atoms with Crippen LogP contribution in [0.1, 0.15) is 39.5 Å². The fourth-order valence-corrected chi connectivity index (χ4v) is 4.19. The van der Waals surface area contributed by atoms with Crippen LogP contribution < -0.4 is 0 Å². The number of ether oxygens (including phenoxy) is 1. The zero-order valence-electron chi connectivity index (χ0n) is 16.7. The van der Waals surface area contributed by atoms with Crippen LogP contribution in [-0.4, -0.2) is 25.7 Å². The van der Waals surface area contributed by atoms with Gasteiger partial charge in [0.2, 0.25) is 0 Å². The average Bonchev–Trinajstić information content (AvgIpc) is 3.38. The zero-order valence-corrected chi connectivity index (χ0v) is 17.5. The van der Waals surface area contributed by atoms with E-state index in [1.54, 1.807) is 35.3 Å². The van der Waals surface area contributed by atoms with Gasteiger partial charge in [0.05, 0.1) is 21.8 Å². The lowest BCUT2D eigenvalue weighted by Crippen LogP contribution is -2.11. The Balaban J connectivity index is 1.52. The van der Waals surface area contributed by atoms with Crippen LogP contribution in [0.15, 0.2) is 55.1 Å². The Bertz CT molecular complexity index is 1190. The third-order valence-corrected chi connectivity index (χ3v) is 6.06. The summed E-state index contributed by atoms with van der Waals surface area (Å²) in [5, 5.41) is 4.86. The van der Waals surface area contributed by atoms with E-state index in [1.165, 1.54) is 29.8 Å². The van der Waals surface area contributed by atoms with Crippen molar-refractivity contribution < 1.29 is 13.9 Å². The topological polar surface area (TPSA) is 69.9 Å². The molecule has 0 aliphatic rings. The summed E-state index contributed by atoms with van der Waals surface area (Å²) in [6.45, 7) is 5.56. The molecule has 4 aromatic rings. The maximum absolute atomic E-state index is 13.2. The molecule has 0 amide bonds. The van der Waals surface area contributed by atoms with E-state index in [1.807, 2.05) is 26.8 Å². The van der Waals surface area contributed by atoms with Crippen molar-refractivity contribution in [3.05, 3.63) is 82.6 Å². The molecule has 1 atom stereocenters. The first-order valence-corrected chi connectivity index (χ1v) is 10.1. The second-order valence-corrected chi connectivity index (χ2v) is 7.89. The van der Waals surface area contributed by atoms with Crippen LogP contribution in [0, 0.1) is 19.7 Å². The first-order chi connectivity index (χ1) is 14.4. The normalized spacial score (nSPS) is 12.0. The predicted molar refractivity (Wildman–Crippen MR) is 112 cm³/mol. The van der Waals surface area contributed by atoms with E-state index in [0.717, 1.165) is 32.4 Å². The van der Waals surface area contributed by atoms with Gasteiger partial charge in [-0.1, -0.05) is 0 Å². The maximum Gasteiger partial charge on any atom is 0.339 e. The molecule has 0 N–H and O–H groups in total. The van der Waals surface area contributed by atoms with Crippen LogP contribution in [0.25, 0.3) is 16.3 Å². The monoisotopic (exact) mass is 422 g/mol. The third kappa shape index (κ3) is 3.99. The number of carbonyl (C=O) groups is 1. The fraction of sp³-hybridized carbons (Fsp3) is 0.182. The Morgan fingerprint density at radius 3 is 2.60 bits per heavy atom. The van der Waals surface area contributed by atoms with E-state index < -0.39 is 12.1 Å². The molecular formula is C22H19FN4O2S. The van der Waals surface area contributed by atoms with E-state index in [-0.39, 0.29) is 5.82 Å². The van der Waals surface area contributed by atoms with Crippen LogP contribution in [0.3, 0.4) is 0 Å². The molecule has 4 rings (SSSR count). The number of hydrogen-bond acceptors (Lipinski definition) is 6. The Morgan fingerprint density at radius 2 is 1.93 bits per heavy atom. The Kier molecular flexibility index (Phi) is 5.41. The van der Waals surface area contributed by atoms with Crippen LogP contribution in [0.2, 0.25) is 0 Å². The van der Waals surface area contributed by atoms with Gasteiger partial charge in [-0.25, -0.2) is 23.8 Å². The van der Waals surface area contributed by atoms with Crippen molar-refractivity contribution in [3.8, 4) is 16.3 Å². The van der Waals surface area contributed by atoms with Crippen molar-refractivity contribution >= 4 is 17.3 Å². The summed E-state index contributed by atoms with van der Waals surface area (Å²) in [6.07, 6.45) is 2.59. The number of rotatable bonds is 5. The second kappa shape index (κ2) is 8.16. The smallest absolute Gasteiger partial charge is 0.339 e. The highest BCUT2D eigenvalue weighted by Gasteiger charge is 2.21. The molecule has 30 heavy (non-hydrogen) atoms. The molecule has 0 radical (unpaired) electrons. The highest BCUT2D eigenvalue weighted by atomic mass is 32.1. The molecule has 6 nitrogen and oxygen atoms in total. The van der Waals surface area contributed by atoms with Gasteiger partial charge in [0.15, 0.2) is 0 Å². The molecule has 2 heterocycles.